The lowest BCUT2D eigenvalue weighted by molar-refractivity contribution is -0.117. The van der Waals surface area contributed by atoms with Crippen molar-refractivity contribution in [1.82, 2.24) is 9.78 Å². The van der Waals surface area contributed by atoms with E-state index in [0.29, 0.717) is 11.6 Å². The van der Waals surface area contributed by atoms with E-state index in [-0.39, 0.29) is 24.4 Å². The minimum Gasteiger partial charge on any atom is -0.299 e. The molecule has 0 fully saturated rings. The number of rotatable bonds is 6. The van der Waals surface area contributed by atoms with E-state index in [0.717, 1.165) is 23.4 Å². The van der Waals surface area contributed by atoms with E-state index in [9.17, 15) is 9.18 Å². The lowest BCUT2D eigenvalue weighted by Gasteiger charge is -2.05. The summed E-state index contributed by atoms with van der Waals surface area (Å²) in [6.07, 6.45) is 1.26. The van der Waals surface area contributed by atoms with Crippen LogP contribution in [0.5, 0.6) is 0 Å². The normalized spacial score (nSPS) is 10.9. The largest absolute Gasteiger partial charge is 0.299 e. The Balaban J connectivity index is 2.12. The first-order valence-electron chi connectivity index (χ1n) is 7.05. The molecule has 21 heavy (non-hydrogen) atoms. The Hall–Kier alpha value is -1.68. The molecule has 2 rings (SSSR count). The number of carbonyl (C=O) groups is 1. The number of aryl methyl sites for hydroxylation is 2. The SMILES string of the molecule is CCc1nn(CC)c(CC(=O)Cc2ccc(F)cc2)c1Cl. The van der Waals surface area contributed by atoms with Crippen molar-refractivity contribution >= 4 is 17.4 Å². The second kappa shape index (κ2) is 6.85. The smallest absolute Gasteiger partial charge is 0.143 e. The molecule has 1 aromatic carbocycles. The summed E-state index contributed by atoms with van der Waals surface area (Å²) < 4.78 is 14.6. The molecule has 2 aromatic rings. The van der Waals surface area contributed by atoms with Crippen molar-refractivity contribution in [3.8, 4) is 0 Å². The maximum Gasteiger partial charge on any atom is 0.143 e. The molecule has 0 saturated carbocycles. The molecule has 0 unspecified atom stereocenters. The molecule has 0 spiro atoms. The molecule has 0 aliphatic heterocycles. The van der Waals surface area contributed by atoms with Gasteiger partial charge in [0.05, 0.1) is 22.8 Å². The van der Waals surface area contributed by atoms with Crippen LogP contribution in [0.3, 0.4) is 0 Å². The van der Waals surface area contributed by atoms with Crippen LogP contribution in [0.4, 0.5) is 4.39 Å². The molecule has 5 heteroatoms. The molecule has 0 aliphatic rings. The minimum atomic E-state index is -0.300. The molecule has 0 atom stereocenters. The van der Waals surface area contributed by atoms with Crippen LogP contribution in [0.15, 0.2) is 24.3 Å². The van der Waals surface area contributed by atoms with E-state index in [1.165, 1.54) is 12.1 Å². The first-order valence-corrected chi connectivity index (χ1v) is 7.43. The fraction of sp³-hybridized carbons (Fsp3) is 0.375. The monoisotopic (exact) mass is 308 g/mol. The van der Waals surface area contributed by atoms with Gasteiger partial charge in [-0.3, -0.25) is 9.48 Å². The summed E-state index contributed by atoms with van der Waals surface area (Å²) in [5.41, 5.74) is 2.39. The van der Waals surface area contributed by atoms with E-state index < -0.39 is 0 Å². The third kappa shape index (κ3) is 3.70. The summed E-state index contributed by atoms with van der Waals surface area (Å²) in [7, 11) is 0. The molecule has 1 heterocycles. The topological polar surface area (TPSA) is 34.9 Å². The van der Waals surface area contributed by atoms with Gasteiger partial charge in [-0.1, -0.05) is 30.7 Å². The van der Waals surface area contributed by atoms with Gasteiger partial charge in [0.1, 0.15) is 11.6 Å². The van der Waals surface area contributed by atoms with Crippen molar-refractivity contribution in [1.29, 1.82) is 0 Å². The number of aromatic nitrogens is 2. The number of benzene rings is 1. The molecule has 0 aliphatic carbocycles. The summed E-state index contributed by atoms with van der Waals surface area (Å²) in [5, 5.41) is 4.99. The van der Waals surface area contributed by atoms with Gasteiger partial charge in [0.25, 0.3) is 0 Å². The molecular weight excluding hydrogens is 291 g/mol. The van der Waals surface area contributed by atoms with Crippen molar-refractivity contribution in [3.63, 3.8) is 0 Å². The average Bonchev–Trinajstić information content (AvgIpc) is 2.77. The fourth-order valence-corrected chi connectivity index (χ4v) is 2.60. The highest BCUT2D eigenvalue weighted by Crippen LogP contribution is 2.22. The summed E-state index contributed by atoms with van der Waals surface area (Å²) in [5.74, 6) is -0.258. The second-order valence-corrected chi connectivity index (χ2v) is 5.27. The third-order valence-corrected chi connectivity index (χ3v) is 3.81. The molecule has 0 amide bonds. The van der Waals surface area contributed by atoms with Crippen LogP contribution in [0.1, 0.15) is 30.8 Å². The van der Waals surface area contributed by atoms with Crippen LogP contribution in [-0.2, 0) is 30.6 Å². The average molecular weight is 309 g/mol. The number of ketones is 1. The van der Waals surface area contributed by atoms with E-state index in [4.69, 9.17) is 11.6 Å². The summed E-state index contributed by atoms with van der Waals surface area (Å²) in [6.45, 7) is 4.63. The Morgan fingerprint density at radius 3 is 2.48 bits per heavy atom. The van der Waals surface area contributed by atoms with Gasteiger partial charge in [0, 0.05) is 13.0 Å². The van der Waals surface area contributed by atoms with Gasteiger partial charge in [0.2, 0.25) is 0 Å². The van der Waals surface area contributed by atoms with Gasteiger partial charge in [-0.05, 0) is 31.0 Å². The summed E-state index contributed by atoms with van der Waals surface area (Å²) in [6, 6.07) is 5.98. The van der Waals surface area contributed by atoms with Crippen molar-refractivity contribution in [2.24, 2.45) is 0 Å². The van der Waals surface area contributed by atoms with Crippen molar-refractivity contribution < 1.29 is 9.18 Å². The highest BCUT2D eigenvalue weighted by molar-refractivity contribution is 6.32. The quantitative estimate of drug-likeness (QED) is 0.817. The zero-order valence-corrected chi connectivity index (χ0v) is 13.0. The molecular formula is C16H18ClFN2O. The standard InChI is InChI=1S/C16H18ClFN2O/c1-3-14-16(17)15(20(4-2)19-14)10-13(21)9-11-5-7-12(18)8-6-11/h5-8H,3-4,9-10H2,1-2H3. The van der Waals surface area contributed by atoms with E-state index in [1.54, 1.807) is 16.8 Å². The number of halogens is 2. The maximum atomic E-state index is 12.9. The molecule has 112 valence electrons. The number of carbonyl (C=O) groups excluding carboxylic acids is 1. The lowest BCUT2D eigenvalue weighted by Crippen LogP contribution is -2.12. The highest BCUT2D eigenvalue weighted by atomic mass is 35.5. The van der Waals surface area contributed by atoms with Gasteiger partial charge in [0.15, 0.2) is 0 Å². The first-order chi connectivity index (χ1) is 10.0. The van der Waals surface area contributed by atoms with Gasteiger partial charge < -0.3 is 0 Å². The zero-order chi connectivity index (χ0) is 15.4. The molecule has 1 aromatic heterocycles. The number of hydrogen-bond acceptors (Lipinski definition) is 2. The molecule has 0 radical (unpaired) electrons. The maximum absolute atomic E-state index is 12.9. The molecule has 0 bridgehead atoms. The van der Waals surface area contributed by atoms with Crippen molar-refractivity contribution in [2.45, 2.75) is 39.7 Å². The fourth-order valence-electron chi connectivity index (χ4n) is 2.27. The Labute approximate surface area is 128 Å². The van der Waals surface area contributed by atoms with Crippen LogP contribution in [0.2, 0.25) is 5.02 Å². The summed E-state index contributed by atoms with van der Waals surface area (Å²) in [4.78, 5) is 12.2. The third-order valence-electron chi connectivity index (χ3n) is 3.37. The van der Waals surface area contributed by atoms with Gasteiger partial charge in [-0.2, -0.15) is 5.10 Å². The molecule has 3 nitrogen and oxygen atoms in total. The van der Waals surface area contributed by atoms with Gasteiger partial charge in [-0.25, -0.2) is 4.39 Å². The Morgan fingerprint density at radius 1 is 1.24 bits per heavy atom. The van der Waals surface area contributed by atoms with Crippen LogP contribution in [0.25, 0.3) is 0 Å². The lowest BCUT2D eigenvalue weighted by atomic mass is 10.1. The highest BCUT2D eigenvalue weighted by Gasteiger charge is 2.17. The first kappa shape index (κ1) is 15.7. The molecule has 0 N–H and O–H groups in total. The number of hydrogen-bond donors (Lipinski definition) is 0. The number of Topliss-reactive ketones (excluding diaryl/α,β-unsaturated/α-hetero) is 1. The predicted molar refractivity (Wildman–Crippen MR) is 81.1 cm³/mol. The van der Waals surface area contributed by atoms with E-state index in [1.807, 2.05) is 13.8 Å². The summed E-state index contributed by atoms with van der Waals surface area (Å²) >= 11 is 6.29. The van der Waals surface area contributed by atoms with Crippen molar-refractivity contribution in [2.75, 3.05) is 0 Å². The molecule has 0 saturated heterocycles. The predicted octanol–water partition coefficient (Wildman–Crippen LogP) is 3.61. The van der Waals surface area contributed by atoms with Gasteiger partial charge >= 0.3 is 0 Å². The number of nitrogens with zero attached hydrogens (tertiary/aromatic N) is 2. The Kier molecular flexibility index (Phi) is 5.12. The van der Waals surface area contributed by atoms with Crippen LogP contribution >= 0.6 is 11.6 Å². The van der Waals surface area contributed by atoms with E-state index in [2.05, 4.69) is 5.10 Å². The Morgan fingerprint density at radius 2 is 1.90 bits per heavy atom. The van der Waals surface area contributed by atoms with Crippen LogP contribution in [-0.4, -0.2) is 15.6 Å². The minimum absolute atomic E-state index is 0.0424. The van der Waals surface area contributed by atoms with Crippen molar-refractivity contribution in [3.05, 3.63) is 52.1 Å². The Bertz CT molecular complexity index is 634. The zero-order valence-electron chi connectivity index (χ0n) is 12.2. The van der Waals surface area contributed by atoms with Crippen LogP contribution < -0.4 is 0 Å². The van der Waals surface area contributed by atoms with Gasteiger partial charge in [-0.15, -0.1) is 0 Å². The van der Waals surface area contributed by atoms with E-state index >= 15 is 0 Å². The second-order valence-electron chi connectivity index (χ2n) is 4.90. The van der Waals surface area contributed by atoms with Crippen LogP contribution in [0, 0.1) is 5.82 Å².